The van der Waals surface area contributed by atoms with Gasteiger partial charge in [0, 0.05) is 15.7 Å². The lowest BCUT2D eigenvalue weighted by atomic mass is 10.1. The zero-order valence-electron chi connectivity index (χ0n) is 6.03. The Bertz CT molecular complexity index is 364. The Labute approximate surface area is 82.3 Å². The normalized spacial score (nSPS) is 14.3. The fraction of sp³-hybridized carbons (Fsp3) is 0.125. The molecule has 4 heteroatoms. The van der Waals surface area contributed by atoms with Gasteiger partial charge in [0.05, 0.1) is 5.56 Å². The molecule has 1 amide bonds. The lowest BCUT2D eigenvalue weighted by molar-refractivity contribution is 0.0965. The first kappa shape index (κ1) is 7.97. The van der Waals surface area contributed by atoms with E-state index >= 15 is 0 Å². The highest BCUT2D eigenvalue weighted by atomic mass is 127. The van der Waals surface area contributed by atoms with Gasteiger partial charge in [0.2, 0.25) is 0 Å². The van der Waals surface area contributed by atoms with Gasteiger partial charge in [0.25, 0.3) is 5.91 Å². The van der Waals surface area contributed by atoms with Gasteiger partial charge < -0.3 is 5.32 Å². The molecule has 0 spiro atoms. The molecular weight excluding hydrogens is 272 g/mol. The Kier molecular flexibility index (Phi) is 1.79. The van der Waals surface area contributed by atoms with Gasteiger partial charge in [0.15, 0.2) is 0 Å². The molecule has 1 aliphatic heterocycles. The highest BCUT2D eigenvalue weighted by Gasteiger charge is 2.24. The number of carbonyl (C=O) groups is 1. The van der Waals surface area contributed by atoms with Crippen molar-refractivity contribution >= 4 is 28.5 Å². The van der Waals surface area contributed by atoms with E-state index in [1.165, 1.54) is 6.07 Å². The van der Waals surface area contributed by atoms with Crippen molar-refractivity contribution in [3.63, 3.8) is 0 Å². The summed E-state index contributed by atoms with van der Waals surface area (Å²) in [4.78, 5) is 11.2. The second-order valence-electron chi connectivity index (χ2n) is 2.57. The molecule has 0 aliphatic carbocycles. The Hall–Kier alpha value is -0.650. The molecule has 0 fully saturated rings. The lowest BCUT2D eigenvalue weighted by Crippen LogP contribution is -2.13. The lowest BCUT2D eigenvalue weighted by Gasteiger charge is -1.99. The average molecular weight is 277 g/mol. The number of halogens is 2. The van der Waals surface area contributed by atoms with Gasteiger partial charge in [-0.15, -0.1) is 0 Å². The van der Waals surface area contributed by atoms with Crippen LogP contribution in [0.15, 0.2) is 12.1 Å². The van der Waals surface area contributed by atoms with Crippen LogP contribution in [0.25, 0.3) is 0 Å². The topological polar surface area (TPSA) is 29.1 Å². The molecule has 12 heavy (non-hydrogen) atoms. The summed E-state index contributed by atoms with van der Waals surface area (Å²) in [6.45, 7) is 0.316. The van der Waals surface area contributed by atoms with Crippen molar-refractivity contribution in [3.8, 4) is 0 Å². The van der Waals surface area contributed by atoms with Crippen molar-refractivity contribution in [2.75, 3.05) is 0 Å². The van der Waals surface area contributed by atoms with Crippen LogP contribution in [0.3, 0.4) is 0 Å². The maximum absolute atomic E-state index is 13.0. The SMILES string of the molecule is O=C1NCc2c(F)ccc(I)c21. The second kappa shape index (κ2) is 2.69. The summed E-state index contributed by atoms with van der Waals surface area (Å²) >= 11 is 2.03. The smallest absolute Gasteiger partial charge is 0.253 e. The number of benzene rings is 1. The van der Waals surface area contributed by atoms with E-state index in [-0.39, 0.29) is 11.7 Å². The summed E-state index contributed by atoms with van der Waals surface area (Å²) in [5, 5.41) is 2.58. The van der Waals surface area contributed by atoms with Gasteiger partial charge in [-0.05, 0) is 34.7 Å². The summed E-state index contributed by atoms with van der Waals surface area (Å²) in [6.07, 6.45) is 0. The number of nitrogens with one attached hydrogen (secondary N) is 1. The van der Waals surface area contributed by atoms with Crippen LogP contribution < -0.4 is 5.32 Å². The van der Waals surface area contributed by atoms with Crippen LogP contribution >= 0.6 is 22.6 Å². The van der Waals surface area contributed by atoms with Crippen molar-refractivity contribution in [2.45, 2.75) is 6.54 Å². The third kappa shape index (κ3) is 1.01. The molecule has 0 aromatic heterocycles. The van der Waals surface area contributed by atoms with Crippen LogP contribution in [0, 0.1) is 9.39 Å². The molecule has 1 heterocycles. The van der Waals surface area contributed by atoms with E-state index in [0.29, 0.717) is 17.7 Å². The van der Waals surface area contributed by atoms with Gasteiger partial charge >= 0.3 is 0 Å². The molecule has 0 saturated heterocycles. The number of amides is 1. The maximum atomic E-state index is 13.0. The molecule has 0 unspecified atom stereocenters. The van der Waals surface area contributed by atoms with Crippen LogP contribution in [-0.2, 0) is 6.54 Å². The number of hydrogen-bond donors (Lipinski definition) is 1. The zero-order chi connectivity index (χ0) is 8.72. The Morgan fingerprint density at radius 1 is 1.50 bits per heavy atom. The van der Waals surface area contributed by atoms with E-state index < -0.39 is 0 Å². The predicted molar refractivity (Wildman–Crippen MR) is 50.3 cm³/mol. The van der Waals surface area contributed by atoms with E-state index in [9.17, 15) is 9.18 Å². The number of hydrogen-bond acceptors (Lipinski definition) is 1. The van der Waals surface area contributed by atoms with Crippen molar-refractivity contribution in [2.24, 2.45) is 0 Å². The quantitative estimate of drug-likeness (QED) is 0.718. The van der Waals surface area contributed by atoms with E-state index in [1.54, 1.807) is 6.07 Å². The number of carbonyl (C=O) groups excluding carboxylic acids is 1. The first-order chi connectivity index (χ1) is 5.70. The Morgan fingerprint density at radius 2 is 2.25 bits per heavy atom. The van der Waals surface area contributed by atoms with Gasteiger partial charge in [-0.25, -0.2) is 4.39 Å². The minimum atomic E-state index is -0.302. The molecule has 1 aromatic rings. The minimum absolute atomic E-state index is 0.172. The van der Waals surface area contributed by atoms with Crippen molar-refractivity contribution < 1.29 is 9.18 Å². The van der Waals surface area contributed by atoms with Crippen LogP contribution in [0.1, 0.15) is 15.9 Å². The number of fused-ring (bicyclic) bond motifs is 1. The van der Waals surface area contributed by atoms with Crippen molar-refractivity contribution in [3.05, 3.63) is 32.6 Å². The van der Waals surface area contributed by atoms with Gasteiger partial charge in [0.1, 0.15) is 5.82 Å². The summed E-state index contributed by atoms with van der Waals surface area (Å²) in [5.41, 5.74) is 0.988. The monoisotopic (exact) mass is 277 g/mol. The third-order valence-electron chi connectivity index (χ3n) is 1.86. The molecule has 62 valence electrons. The molecule has 1 aliphatic rings. The summed E-state index contributed by atoms with van der Waals surface area (Å²) in [7, 11) is 0. The maximum Gasteiger partial charge on any atom is 0.253 e. The standard InChI is InChI=1S/C8H5FINO/c9-5-1-2-6(10)7-4(5)3-11-8(7)12/h1-2H,3H2,(H,11,12). The summed E-state index contributed by atoms with van der Waals surface area (Å²) < 4.78 is 13.9. The van der Waals surface area contributed by atoms with Crippen LogP contribution in [0.4, 0.5) is 4.39 Å². The molecule has 1 aromatic carbocycles. The van der Waals surface area contributed by atoms with Crippen molar-refractivity contribution in [1.82, 2.24) is 5.32 Å². The molecule has 2 nitrogen and oxygen atoms in total. The zero-order valence-corrected chi connectivity index (χ0v) is 8.18. The van der Waals surface area contributed by atoms with Crippen molar-refractivity contribution in [1.29, 1.82) is 0 Å². The fourth-order valence-corrected chi connectivity index (χ4v) is 2.02. The average Bonchev–Trinajstić information content (AvgIpc) is 2.42. The van der Waals surface area contributed by atoms with Crippen LogP contribution in [0.5, 0.6) is 0 Å². The molecule has 0 saturated carbocycles. The largest absolute Gasteiger partial charge is 0.348 e. The van der Waals surface area contributed by atoms with Crippen LogP contribution in [-0.4, -0.2) is 5.91 Å². The van der Waals surface area contributed by atoms with E-state index in [0.717, 1.165) is 3.57 Å². The van der Waals surface area contributed by atoms with Gasteiger partial charge in [-0.1, -0.05) is 0 Å². The molecule has 1 N–H and O–H groups in total. The number of rotatable bonds is 0. The van der Waals surface area contributed by atoms with E-state index in [4.69, 9.17) is 0 Å². The van der Waals surface area contributed by atoms with Gasteiger partial charge in [-0.2, -0.15) is 0 Å². The second-order valence-corrected chi connectivity index (χ2v) is 3.73. The highest BCUT2D eigenvalue weighted by molar-refractivity contribution is 14.1. The first-order valence-electron chi connectivity index (χ1n) is 3.45. The Morgan fingerprint density at radius 3 is 2.92 bits per heavy atom. The minimum Gasteiger partial charge on any atom is -0.348 e. The Balaban J connectivity index is 2.72. The van der Waals surface area contributed by atoms with Gasteiger partial charge in [-0.3, -0.25) is 4.79 Å². The summed E-state index contributed by atoms with van der Waals surface area (Å²) in [5.74, 6) is -0.474. The van der Waals surface area contributed by atoms with Crippen LogP contribution in [0.2, 0.25) is 0 Å². The fourth-order valence-electron chi connectivity index (χ4n) is 1.27. The van der Waals surface area contributed by atoms with E-state index in [1.807, 2.05) is 22.6 Å². The molecular formula is C8H5FINO. The molecule has 0 atom stereocenters. The highest BCUT2D eigenvalue weighted by Crippen LogP contribution is 2.23. The third-order valence-corrected chi connectivity index (χ3v) is 2.76. The molecule has 0 bridgehead atoms. The molecule has 0 radical (unpaired) electrons. The summed E-state index contributed by atoms with van der Waals surface area (Å²) in [6, 6.07) is 3.00. The first-order valence-corrected chi connectivity index (χ1v) is 4.53. The van der Waals surface area contributed by atoms with E-state index in [2.05, 4.69) is 5.32 Å². The predicted octanol–water partition coefficient (Wildman–Crippen LogP) is 1.67. The molecule has 2 rings (SSSR count).